The Morgan fingerprint density at radius 3 is 2.97 bits per heavy atom. The number of rotatable bonds is 6. The zero-order chi connectivity index (χ0) is 20.2. The number of aromatic amines is 1. The van der Waals surface area contributed by atoms with Crippen LogP contribution in [0.15, 0.2) is 34.6 Å². The van der Waals surface area contributed by atoms with Gasteiger partial charge in [-0.25, -0.2) is 0 Å². The first-order valence-corrected chi connectivity index (χ1v) is 10.9. The first kappa shape index (κ1) is 20.0. The van der Waals surface area contributed by atoms with E-state index >= 15 is 0 Å². The van der Waals surface area contributed by atoms with E-state index in [0.29, 0.717) is 34.3 Å². The van der Waals surface area contributed by atoms with Crippen LogP contribution in [0.25, 0.3) is 10.9 Å². The summed E-state index contributed by atoms with van der Waals surface area (Å²) in [4.78, 5) is 28.5. The fourth-order valence-electron chi connectivity index (χ4n) is 4.10. The largest absolute Gasteiger partial charge is 0.376 e. The van der Waals surface area contributed by atoms with Crippen molar-refractivity contribution in [3.63, 3.8) is 0 Å². The van der Waals surface area contributed by atoms with Gasteiger partial charge in [-0.1, -0.05) is 11.6 Å². The van der Waals surface area contributed by atoms with Crippen molar-refractivity contribution in [3.05, 3.63) is 50.5 Å². The van der Waals surface area contributed by atoms with Gasteiger partial charge in [-0.3, -0.25) is 14.2 Å². The summed E-state index contributed by atoms with van der Waals surface area (Å²) in [6, 6.07) is 5.10. The molecule has 2 N–H and O–H groups in total. The molecule has 0 saturated carbocycles. The van der Waals surface area contributed by atoms with Crippen LogP contribution in [0.5, 0.6) is 0 Å². The minimum absolute atomic E-state index is 0.0942. The topological polar surface area (TPSA) is 76.1 Å². The second-order valence-electron chi connectivity index (χ2n) is 7.85. The maximum atomic E-state index is 12.9. The van der Waals surface area contributed by atoms with E-state index in [1.165, 1.54) is 18.4 Å². The first-order chi connectivity index (χ1) is 14.1. The van der Waals surface area contributed by atoms with Gasteiger partial charge in [0, 0.05) is 25.3 Å². The lowest BCUT2D eigenvalue weighted by Crippen LogP contribution is -2.31. The molecule has 7 heteroatoms. The van der Waals surface area contributed by atoms with Crippen molar-refractivity contribution < 1.29 is 9.53 Å². The average Bonchev–Trinajstić information content (AvgIpc) is 3.26. The highest BCUT2D eigenvalue weighted by molar-refractivity contribution is 7.71. The molecule has 6 nitrogen and oxygen atoms in total. The standard InChI is InChI=1S/C22H27N3O3S/c26-20(23-14-17-7-4-12-28-17)16-8-9-18-19(13-16)24-22(29)25(21(18)27)11-10-15-5-2-1-3-6-15/h5,8-9,13,17H,1-4,6-7,10-12,14H2,(H,23,26)(H,24,29)/t17-/m0/s1. The molecular weight excluding hydrogens is 386 g/mol. The number of benzene rings is 1. The molecule has 1 aromatic carbocycles. The van der Waals surface area contributed by atoms with Crippen LogP contribution in [-0.4, -0.2) is 34.7 Å². The minimum atomic E-state index is -0.171. The number of carbonyl (C=O) groups is 1. The summed E-state index contributed by atoms with van der Waals surface area (Å²) in [5.74, 6) is -0.171. The van der Waals surface area contributed by atoms with E-state index in [1.54, 1.807) is 22.8 Å². The van der Waals surface area contributed by atoms with Crippen LogP contribution in [0.2, 0.25) is 0 Å². The molecular formula is C22H27N3O3S. The van der Waals surface area contributed by atoms with E-state index in [0.717, 1.165) is 38.7 Å². The van der Waals surface area contributed by atoms with Crippen LogP contribution >= 0.6 is 12.2 Å². The van der Waals surface area contributed by atoms with Crippen LogP contribution < -0.4 is 10.9 Å². The Labute approximate surface area is 175 Å². The number of allylic oxidation sites excluding steroid dienone is 2. The summed E-state index contributed by atoms with van der Waals surface area (Å²) in [6.07, 6.45) is 9.98. The van der Waals surface area contributed by atoms with Gasteiger partial charge in [0.15, 0.2) is 4.77 Å². The molecule has 1 amide bonds. The smallest absolute Gasteiger partial charge is 0.262 e. The van der Waals surface area contributed by atoms with Crippen molar-refractivity contribution in [1.82, 2.24) is 14.9 Å². The Kier molecular flexibility index (Phi) is 6.25. The van der Waals surface area contributed by atoms with Gasteiger partial charge in [-0.05, 0) is 75.4 Å². The molecule has 0 radical (unpaired) electrons. The number of fused-ring (bicyclic) bond motifs is 1. The van der Waals surface area contributed by atoms with Crippen LogP contribution in [-0.2, 0) is 11.3 Å². The number of hydrogen-bond donors (Lipinski definition) is 2. The molecule has 1 aliphatic carbocycles. The number of amides is 1. The van der Waals surface area contributed by atoms with E-state index in [-0.39, 0.29) is 17.6 Å². The normalized spacial score (nSPS) is 19.3. The monoisotopic (exact) mass is 413 g/mol. The van der Waals surface area contributed by atoms with Crippen molar-refractivity contribution >= 4 is 29.0 Å². The predicted molar refractivity (Wildman–Crippen MR) is 116 cm³/mol. The molecule has 2 aromatic rings. The second-order valence-corrected chi connectivity index (χ2v) is 8.24. The lowest BCUT2D eigenvalue weighted by molar-refractivity contribution is 0.0858. The van der Waals surface area contributed by atoms with Gasteiger partial charge >= 0.3 is 0 Å². The molecule has 0 bridgehead atoms. The maximum absolute atomic E-state index is 12.9. The summed E-state index contributed by atoms with van der Waals surface area (Å²) in [5.41, 5.74) is 2.41. The average molecular weight is 414 g/mol. The predicted octanol–water partition coefficient (Wildman–Crippen LogP) is 3.86. The van der Waals surface area contributed by atoms with Gasteiger partial charge in [-0.2, -0.15) is 0 Å². The minimum Gasteiger partial charge on any atom is -0.376 e. The Hall–Kier alpha value is -2.25. The first-order valence-electron chi connectivity index (χ1n) is 10.5. The summed E-state index contributed by atoms with van der Waals surface area (Å²) < 4.78 is 7.57. The summed E-state index contributed by atoms with van der Waals surface area (Å²) in [6.45, 7) is 1.85. The highest BCUT2D eigenvalue weighted by Gasteiger charge is 2.17. The Morgan fingerprint density at radius 2 is 2.21 bits per heavy atom. The summed E-state index contributed by atoms with van der Waals surface area (Å²) in [7, 11) is 0. The van der Waals surface area contributed by atoms with Gasteiger partial charge in [0.1, 0.15) is 0 Å². The lowest BCUT2D eigenvalue weighted by Gasteiger charge is -2.14. The molecule has 1 aromatic heterocycles. The molecule has 0 spiro atoms. The number of ether oxygens (including phenoxy) is 1. The van der Waals surface area contributed by atoms with Gasteiger partial charge in [0.05, 0.1) is 17.0 Å². The third kappa shape index (κ3) is 4.67. The van der Waals surface area contributed by atoms with E-state index < -0.39 is 0 Å². The van der Waals surface area contributed by atoms with Crippen molar-refractivity contribution in [2.75, 3.05) is 13.2 Å². The van der Waals surface area contributed by atoms with E-state index in [2.05, 4.69) is 16.4 Å². The number of H-pyrrole nitrogens is 1. The van der Waals surface area contributed by atoms with Crippen LogP contribution in [0.1, 0.15) is 55.3 Å². The fourth-order valence-corrected chi connectivity index (χ4v) is 4.38. The van der Waals surface area contributed by atoms with Crippen LogP contribution in [0, 0.1) is 4.77 Å². The van der Waals surface area contributed by atoms with E-state index in [9.17, 15) is 9.59 Å². The highest BCUT2D eigenvalue weighted by Crippen LogP contribution is 2.20. The second kappa shape index (κ2) is 9.05. The highest BCUT2D eigenvalue weighted by atomic mass is 32.1. The lowest BCUT2D eigenvalue weighted by atomic mass is 9.97. The van der Waals surface area contributed by atoms with Crippen LogP contribution in [0.3, 0.4) is 0 Å². The Balaban J connectivity index is 1.51. The summed E-state index contributed by atoms with van der Waals surface area (Å²) in [5, 5.41) is 3.46. The quantitative estimate of drug-likeness (QED) is 0.557. The summed E-state index contributed by atoms with van der Waals surface area (Å²) >= 11 is 5.44. The molecule has 2 aliphatic rings. The zero-order valence-electron chi connectivity index (χ0n) is 16.5. The Morgan fingerprint density at radius 1 is 1.31 bits per heavy atom. The maximum Gasteiger partial charge on any atom is 0.262 e. The number of nitrogens with zero attached hydrogens (tertiary/aromatic N) is 1. The molecule has 29 heavy (non-hydrogen) atoms. The van der Waals surface area contributed by atoms with Crippen molar-refractivity contribution in [3.8, 4) is 0 Å². The SMILES string of the molecule is O=C(NC[C@@H]1CCCO1)c1ccc2c(=O)n(CCC3=CCCCC3)c(=S)[nH]c2c1. The van der Waals surface area contributed by atoms with E-state index in [1.807, 2.05) is 0 Å². The van der Waals surface area contributed by atoms with Gasteiger partial charge in [-0.15, -0.1) is 0 Å². The van der Waals surface area contributed by atoms with Crippen molar-refractivity contribution in [2.24, 2.45) is 0 Å². The number of carbonyl (C=O) groups excluding carboxylic acids is 1. The van der Waals surface area contributed by atoms with Crippen molar-refractivity contribution in [2.45, 2.75) is 57.6 Å². The van der Waals surface area contributed by atoms with Gasteiger partial charge in [0.2, 0.25) is 0 Å². The Bertz CT molecular complexity index is 1050. The fraction of sp³-hybridized carbons (Fsp3) is 0.500. The molecule has 1 fully saturated rings. The molecule has 0 unspecified atom stereocenters. The number of aromatic nitrogens is 2. The molecule has 1 aliphatic heterocycles. The molecule has 1 saturated heterocycles. The van der Waals surface area contributed by atoms with E-state index in [4.69, 9.17) is 17.0 Å². The number of nitrogens with one attached hydrogen (secondary N) is 2. The third-order valence-corrected chi connectivity index (χ3v) is 6.12. The molecule has 154 valence electrons. The molecule has 1 atom stereocenters. The van der Waals surface area contributed by atoms with Crippen molar-refractivity contribution in [1.29, 1.82) is 0 Å². The molecule has 4 rings (SSSR count). The number of hydrogen-bond acceptors (Lipinski definition) is 4. The third-order valence-electron chi connectivity index (χ3n) is 5.80. The molecule has 2 heterocycles. The van der Waals surface area contributed by atoms with Gasteiger partial charge < -0.3 is 15.0 Å². The zero-order valence-corrected chi connectivity index (χ0v) is 17.4. The van der Waals surface area contributed by atoms with Gasteiger partial charge in [0.25, 0.3) is 11.5 Å². The van der Waals surface area contributed by atoms with Crippen LogP contribution in [0.4, 0.5) is 0 Å².